The first-order valence-corrected chi connectivity index (χ1v) is 10.9. The van der Waals surface area contributed by atoms with Crippen LogP contribution in [0.5, 0.6) is 0 Å². The molecular formula is C21H28N2O3S. The van der Waals surface area contributed by atoms with Gasteiger partial charge in [-0.1, -0.05) is 44.9 Å². The molecule has 2 aromatic rings. The quantitative estimate of drug-likeness (QED) is 0.594. The van der Waals surface area contributed by atoms with Crippen molar-refractivity contribution in [2.45, 2.75) is 50.8 Å². The SMILES string of the molecule is CCCCNS(=O)(=O)c1cccc(C(=O)Nc2ccc(CCCC)cc2)c1. The van der Waals surface area contributed by atoms with Crippen LogP contribution in [0.3, 0.4) is 0 Å². The molecule has 1 amide bonds. The van der Waals surface area contributed by atoms with Crippen LogP contribution in [0.4, 0.5) is 5.69 Å². The monoisotopic (exact) mass is 388 g/mol. The summed E-state index contributed by atoms with van der Waals surface area (Å²) >= 11 is 0. The molecule has 2 N–H and O–H groups in total. The summed E-state index contributed by atoms with van der Waals surface area (Å²) in [6, 6.07) is 13.8. The molecule has 0 bridgehead atoms. The molecule has 0 radical (unpaired) electrons. The highest BCUT2D eigenvalue weighted by molar-refractivity contribution is 7.89. The molecular weight excluding hydrogens is 360 g/mol. The second kappa shape index (κ2) is 10.2. The fraction of sp³-hybridized carbons (Fsp3) is 0.381. The Labute approximate surface area is 162 Å². The molecule has 27 heavy (non-hydrogen) atoms. The number of rotatable bonds is 10. The first-order valence-electron chi connectivity index (χ1n) is 9.46. The summed E-state index contributed by atoms with van der Waals surface area (Å²) in [6.45, 7) is 4.54. The van der Waals surface area contributed by atoms with E-state index >= 15 is 0 Å². The number of aryl methyl sites for hydroxylation is 1. The standard InChI is InChI=1S/C21H28N2O3S/c1-3-5-8-17-11-13-19(14-12-17)23-21(24)18-9-7-10-20(16-18)27(25,26)22-15-6-4-2/h7,9-14,16,22H,3-6,8,15H2,1-2H3,(H,23,24). The van der Waals surface area contributed by atoms with E-state index < -0.39 is 10.0 Å². The molecule has 0 heterocycles. The Morgan fingerprint density at radius 1 is 0.963 bits per heavy atom. The van der Waals surface area contributed by atoms with Crippen LogP contribution in [0, 0.1) is 0 Å². The van der Waals surface area contributed by atoms with Gasteiger partial charge in [0.2, 0.25) is 10.0 Å². The number of nitrogens with one attached hydrogen (secondary N) is 2. The Morgan fingerprint density at radius 3 is 2.33 bits per heavy atom. The van der Waals surface area contributed by atoms with Crippen LogP contribution in [0.25, 0.3) is 0 Å². The maximum Gasteiger partial charge on any atom is 0.255 e. The summed E-state index contributed by atoms with van der Waals surface area (Å²) in [5, 5.41) is 2.82. The number of sulfonamides is 1. The average Bonchev–Trinajstić information content (AvgIpc) is 2.67. The lowest BCUT2D eigenvalue weighted by Crippen LogP contribution is -2.25. The van der Waals surface area contributed by atoms with Crippen LogP contribution in [0.2, 0.25) is 0 Å². The zero-order valence-electron chi connectivity index (χ0n) is 16.0. The molecule has 0 aliphatic heterocycles. The molecule has 6 heteroatoms. The van der Waals surface area contributed by atoms with E-state index in [1.54, 1.807) is 12.1 Å². The molecule has 2 aromatic carbocycles. The van der Waals surface area contributed by atoms with Gasteiger partial charge >= 0.3 is 0 Å². The third-order valence-electron chi connectivity index (χ3n) is 4.26. The second-order valence-electron chi connectivity index (χ2n) is 6.53. The van der Waals surface area contributed by atoms with Crippen molar-refractivity contribution in [2.75, 3.05) is 11.9 Å². The number of anilines is 1. The lowest BCUT2D eigenvalue weighted by Gasteiger charge is -2.09. The van der Waals surface area contributed by atoms with E-state index in [4.69, 9.17) is 0 Å². The highest BCUT2D eigenvalue weighted by Crippen LogP contribution is 2.16. The van der Waals surface area contributed by atoms with E-state index in [1.807, 2.05) is 31.2 Å². The van der Waals surface area contributed by atoms with Crippen molar-refractivity contribution in [3.8, 4) is 0 Å². The van der Waals surface area contributed by atoms with E-state index in [1.165, 1.54) is 17.7 Å². The van der Waals surface area contributed by atoms with Gasteiger partial charge in [0.15, 0.2) is 0 Å². The summed E-state index contributed by atoms with van der Waals surface area (Å²) in [7, 11) is -3.61. The number of hydrogen-bond donors (Lipinski definition) is 2. The third-order valence-corrected chi connectivity index (χ3v) is 5.72. The third kappa shape index (κ3) is 6.48. The molecule has 0 unspecified atom stereocenters. The van der Waals surface area contributed by atoms with Crippen LogP contribution in [0.1, 0.15) is 55.5 Å². The maximum absolute atomic E-state index is 12.5. The van der Waals surface area contributed by atoms with Gasteiger partial charge in [-0.2, -0.15) is 0 Å². The number of amides is 1. The molecule has 146 valence electrons. The molecule has 5 nitrogen and oxygen atoms in total. The number of carbonyl (C=O) groups is 1. The van der Waals surface area contributed by atoms with Gasteiger partial charge in [0.05, 0.1) is 4.90 Å². The molecule has 0 aromatic heterocycles. The molecule has 0 saturated heterocycles. The van der Waals surface area contributed by atoms with Crippen molar-refractivity contribution < 1.29 is 13.2 Å². The Morgan fingerprint density at radius 2 is 1.67 bits per heavy atom. The minimum absolute atomic E-state index is 0.0983. The largest absolute Gasteiger partial charge is 0.322 e. The van der Waals surface area contributed by atoms with Crippen molar-refractivity contribution in [2.24, 2.45) is 0 Å². The van der Waals surface area contributed by atoms with Crippen LogP contribution < -0.4 is 10.0 Å². The van der Waals surface area contributed by atoms with Crippen LogP contribution in [0.15, 0.2) is 53.4 Å². The fourth-order valence-electron chi connectivity index (χ4n) is 2.61. The number of carbonyl (C=O) groups excluding carboxylic acids is 1. The Hall–Kier alpha value is -2.18. The molecule has 2 rings (SSSR count). The lowest BCUT2D eigenvalue weighted by molar-refractivity contribution is 0.102. The number of benzene rings is 2. The van der Waals surface area contributed by atoms with E-state index in [0.717, 1.165) is 32.1 Å². The van der Waals surface area contributed by atoms with E-state index in [0.29, 0.717) is 17.8 Å². The zero-order chi connectivity index (χ0) is 19.7. The first kappa shape index (κ1) is 21.1. The van der Waals surface area contributed by atoms with Crippen molar-refractivity contribution in [1.82, 2.24) is 4.72 Å². The summed E-state index contributed by atoms with van der Waals surface area (Å²) in [5.74, 6) is -0.332. The van der Waals surface area contributed by atoms with Gasteiger partial charge in [-0.3, -0.25) is 4.79 Å². The normalized spacial score (nSPS) is 11.3. The molecule has 0 aliphatic rings. The fourth-order valence-corrected chi connectivity index (χ4v) is 3.73. The van der Waals surface area contributed by atoms with Gasteiger partial charge in [-0.05, 0) is 55.2 Å². The van der Waals surface area contributed by atoms with E-state index in [9.17, 15) is 13.2 Å². The van der Waals surface area contributed by atoms with Gasteiger partial charge in [-0.25, -0.2) is 13.1 Å². The zero-order valence-corrected chi connectivity index (χ0v) is 16.8. The Bertz CT molecular complexity index is 846. The van der Waals surface area contributed by atoms with Crippen LogP contribution >= 0.6 is 0 Å². The van der Waals surface area contributed by atoms with Crippen molar-refractivity contribution in [1.29, 1.82) is 0 Å². The summed E-state index contributed by atoms with van der Waals surface area (Å²) in [6.07, 6.45) is 4.98. The van der Waals surface area contributed by atoms with Crippen molar-refractivity contribution >= 4 is 21.6 Å². The van der Waals surface area contributed by atoms with Gasteiger partial charge in [0.1, 0.15) is 0 Å². The smallest absolute Gasteiger partial charge is 0.255 e. The predicted octanol–water partition coefficient (Wildman–Crippen LogP) is 4.36. The predicted molar refractivity (Wildman–Crippen MR) is 110 cm³/mol. The lowest BCUT2D eigenvalue weighted by atomic mass is 10.1. The Kier molecular flexibility index (Phi) is 8.00. The van der Waals surface area contributed by atoms with Gasteiger partial charge in [-0.15, -0.1) is 0 Å². The summed E-state index contributed by atoms with van der Waals surface area (Å²) < 4.78 is 27.2. The summed E-state index contributed by atoms with van der Waals surface area (Å²) in [5.41, 5.74) is 2.24. The maximum atomic E-state index is 12.5. The highest BCUT2D eigenvalue weighted by atomic mass is 32.2. The second-order valence-corrected chi connectivity index (χ2v) is 8.30. The molecule has 0 saturated carbocycles. The van der Waals surface area contributed by atoms with Crippen LogP contribution in [-0.4, -0.2) is 20.9 Å². The van der Waals surface area contributed by atoms with E-state index in [-0.39, 0.29) is 10.8 Å². The Balaban J connectivity index is 2.06. The number of hydrogen-bond acceptors (Lipinski definition) is 3. The summed E-state index contributed by atoms with van der Waals surface area (Å²) in [4.78, 5) is 12.6. The minimum Gasteiger partial charge on any atom is -0.322 e. The van der Waals surface area contributed by atoms with Gasteiger partial charge < -0.3 is 5.32 Å². The van der Waals surface area contributed by atoms with E-state index in [2.05, 4.69) is 17.0 Å². The van der Waals surface area contributed by atoms with Crippen molar-refractivity contribution in [3.63, 3.8) is 0 Å². The molecule has 0 spiro atoms. The highest BCUT2D eigenvalue weighted by Gasteiger charge is 2.15. The molecule has 0 aliphatic carbocycles. The van der Waals surface area contributed by atoms with Crippen molar-refractivity contribution in [3.05, 3.63) is 59.7 Å². The first-order chi connectivity index (χ1) is 13.0. The van der Waals surface area contributed by atoms with Gasteiger partial charge in [0, 0.05) is 17.8 Å². The molecule has 0 fully saturated rings. The molecule has 0 atom stereocenters. The minimum atomic E-state index is -3.61. The van der Waals surface area contributed by atoms with Gasteiger partial charge in [0.25, 0.3) is 5.91 Å². The average molecular weight is 389 g/mol. The number of unbranched alkanes of at least 4 members (excludes halogenated alkanes) is 2. The topological polar surface area (TPSA) is 75.3 Å². The van der Waals surface area contributed by atoms with Crippen LogP contribution in [-0.2, 0) is 16.4 Å².